The molecule has 300 valence electrons. The monoisotopic (exact) mass is 770 g/mol. The zero-order chi connectivity index (χ0) is 39.9. The normalized spacial score (nSPS) is 19.9. The number of H-pyrrole nitrogens is 1. The Hall–Kier alpha value is -4.10. The Morgan fingerprint density at radius 1 is 0.927 bits per heavy atom. The number of hydrogen-bond acceptors (Lipinski definition) is 6. The molecular weight excluding hydrogens is 716 g/mol. The van der Waals surface area contributed by atoms with Crippen LogP contribution >= 0.6 is 0 Å². The molecule has 1 aromatic heterocycles. The van der Waals surface area contributed by atoms with Crippen LogP contribution in [0.1, 0.15) is 82.2 Å². The number of benzene rings is 2. The lowest BCUT2D eigenvalue weighted by atomic mass is 9.72. The second-order valence-corrected chi connectivity index (χ2v) is 15.4. The summed E-state index contributed by atoms with van der Waals surface area (Å²) >= 11 is 0. The van der Waals surface area contributed by atoms with Crippen LogP contribution in [-0.4, -0.2) is 78.2 Å². The minimum Gasteiger partial charge on any atom is -0.379 e. The molecule has 13 heteroatoms. The molecule has 1 aliphatic carbocycles. The number of ether oxygens (including phenoxy) is 1. The summed E-state index contributed by atoms with van der Waals surface area (Å²) in [5, 5.41) is 6.38. The standard InChI is InChI=1S/C42H54F4N4O5/c1-5-26(3)31(23-29(51)22-28-10-7-8-13-35(28)43)40(54)49-41(15-14-36-33(25-41)30-11-9-12-34(38(30)48-36)42(44,45)46)37(52)24-32(27(4)6-2)39(53)47-16-17-50-18-20-55-21-19-50/h7-13,26-27,31-32,48H,5-6,14-25H2,1-4H3,(H,47,53)(H,49,54)/t26?,27?,31-,32-,41+/m0/s1. The number of para-hydroxylation sites is 1. The molecule has 2 aliphatic rings. The lowest BCUT2D eigenvalue weighted by Gasteiger charge is -2.39. The zero-order valence-electron chi connectivity index (χ0n) is 32.3. The van der Waals surface area contributed by atoms with Crippen molar-refractivity contribution in [3.8, 4) is 0 Å². The molecule has 2 aromatic carbocycles. The fourth-order valence-electron chi connectivity index (χ4n) is 7.98. The van der Waals surface area contributed by atoms with E-state index in [2.05, 4.69) is 20.5 Å². The molecule has 0 spiro atoms. The summed E-state index contributed by atoms with van der Waals surface area (Å²) in [6, 6.07) is 9.88. The van der Waals surface area contributed by atoms with Gasteiger partial charge in [0.1, 0.15) is 17.1 Å². The second-order valence-electron chi connectivity index (χ2n) is 15.4. The Kier molecular flexibility index (Phi) is 13.9. The van der Waals surface area contributed by atoms with E-state index >= 15 is 0 Å². The highest BCUT2D eigenvalue weighted by atomic mass is 19.4. The number of alkyl halides is 3. The molecular formula is C42H54F4N4O5. The molecule has 3 aromatic rings. The van der Waals surface area contributed by atoms with Crippen molar-refractivity contribution in [1.29, 1.82) is 0 Å². The highest BCUT2D eigenvalue weighted by Crippen LogP contribution is 2.41. The number of halogens is 4. The van der Waals surface area contributed by atoms with Gasteiger partial charge < -0.3 is 20.4 Å². The van der Waals surface area contributed by atoms with Crippen LogP contribution < -0.4 is 10.6 Å². The van der Waals surface area contributed by atoms with E-state index in [-0.39, 0.29) is 78.9 Å². The number of aromatic nitrogens is 1. The van der Waals surface area contributed by atoms with E-state index in [9.17, 15) is 36.7 Å². The van der Waals surface area contributed by atoms with Crippen LogP contribution in [0.3, 0.4) is 0 Å². The number of ketones is 2. The summed E-state index contributed by atoms with van der Waals surface area (Å²) in [6.45, 7) is 11.4. The number of nitrogens with one attached hydrogen (secondary N) is 3. The molecule has 5 atom stereocenters. The van der Waals surface area contributed by atoms with E-state index in [0.717, 1.165) is 19.2 Å². The smallest absolute Gasteiger partial charge is 0.379 e. The maximum absolute atomic E-state index is 14.9. The Morgan fingerprint density at radius 3 is 2.25 bits per heavy atom. The van der Waals surface area contributed by atoms with Gasteiger partial charge in [0.05, 0.1) is 24.3 Å². The molecule has 1 fully saturated rings. The van der Waals surface area contributed by atoms with Gasteiger partial charge in [0.15, 0.2) is 5.78 Å². The van der Waals surface area contributed by atoms with Crippen molar-refractivity contribution in [2.24, 2.45) is 23.7 Å². The third-order valence-corrected chi connectivity index (χ3v) is 11.9. The van der Waals surface area contributed by atoms with Crippen LogP contribution in [0.5, 0.6) is 0 Å². The van der Waals surface area contributed by atoms with Crippen LogP contribution in [-0.2, 0) is 49.4 Å². The van der Waals surface area contributed by atoms with Gasteiger partial charge in [0.2, 0.25) is 11.8 Å². The molecule has 3 N–H and O–H groups in total. The average molecular weight is 771 g/mol. The molecule has 0 radical (unpaired) electrons. The number of fused-ring (bicyclic) bond motifs is 3. The summed E-state index contributed by atoms with van der Waals surface area (Å²) in [6.07, 6.45) is -3.87. The van der Waals surface area contributed by atoms with E-state index in [1.54, 1.807) is 12.1 Å². The third-order valence-electron chi connectivity index (χ3n) is 11.9. The van der Waals surface area contributed by atoms with E-state index in [4.69, 9.17) is 4.74 Å². The Labute approximate surface area is 320 Å². The fourth-order valence-corrected chi connectivity index (χ4v) is 7.98. The van der Waals surface area contributed by atoms with Crippen LogP contribution in [0.25, 0.3) is 10.9 Å². The predicted molar refractivity (Wildman–Crippen MR) is 202 cm³/mol. The maximum Gasteiger partial charge on any atom is 0.418 e. The van der Waals surface area contributed by atoms with E-state index in [0.29, 0.717) is 55.8 Å². The van der Waals surface area contributed by atoms with E-state index < -0.39 is 40.8 Å². The van der Waals surface area contributed by atoms with Crippen LogP contribution in [0.15, 0.2) is 42.5 Å². The SMILES string of the molecule is CCC(C)[C@H](CC(=O)[C@@]1(NC(=O)[C@@H](CC(=O)Cc2ccccc2F)C(C)CC)CCc2[nH]c3c(C(F)(F)F)cccc3c2C1)C(=O)NCCN1CCOCC1. The summed E-state index contributed by atoms with van der Waals surface area (Å²) in [7, 11) is 0. The minimum atomic E-state index is -4.62. The summed E-state index contributed by atoms with van der Waals surface area (Å²) < 4.78 is 62.1. The summed E-state index contributed by atoms with van der Waals surface area (Å²) in [5.74, 6) is -4.09. The maximum atomic E-state index is 14.9. The number of aromatic amines is 1. The van der Waals surface area contributed by atoms with Gasteiger partial charge in [0, 0.05) is 74.8 Å². The van der Waals surface area contributed by atoms with E-state index in [1.807, 2.05) is 27.7 Å². The van der Waals surface area contributed by atoms with Gasteiger partial charge in [-0.15, -0.1) is 0 Å². The number of morpholine rings is 1. The fraction of sp³-hybridized carbons (Fsp3) is 0.571. The Morgan fingerprint density at radius 2 is 1.60 bits per heavy atom. The number of hydrogen-bond donors (Lipinski definition) is 3. The Balaban J connectivity index is 1.45. The van der Waals surface area contributed by atoms with Crippen molar-refractivity contribution >= 4 is 34.3 Å². The number of rotatable bonds is 17. The lowest BCUT2D eigenvalue weighted by Crippen LogP contribution is -2.60. The first-order valence-corrected chi connectivity index (χ1v) is 19.5. The molecule has 1 aliphatic heterocycles. The van der Waals surface area contributed by atoms with Crippen LogP contribution in [0.4, 0.5) is 17.6 Å². The Bertz CT molecular complexity index is 1840. The number of aryl methyl sites for hydroxylation is 1. The zero-order valence-corrected chi connectivity index (χ0v) is 32.3. The van der Waals surface area contributed by atoms with Gasteiger partial charge in [-0.3, -0.25) is 24.1 Å². The number of Topliss-reactive ketones (excluding diaryl/α,β-unsaturated/α-hetero) is 2. The molecule has 1 saturated heterocycles. The molecule has 5 rings (SSSR count). The minimum absolute atomic E-state index is 0.0806. The molecule has 0 saturated carbocycles. The lowest BCUT2D eigenvalue weighted by molar-refractivity contribution is -0.139. The first-order valence-electron chi connectivity index (χ1n) is 19.5. The summed E-state index contributed by atoms with van der Waals surface area (Å²) in [4.78, 5) is 61.6. The molecule has 9 nitrogen and oxygen atoms in total. The van der Waals surface area contributed by atoms with Crippen LogP contribution in [0.2, 0.25) is 0 Å². The van der Waals surface area contributed by atoms with Crippen molar-refractivity contribution in [3.05, 3.63) is 70.7 Å². The number of carbonyl (C=O) groups is 4. The largest absolute Gasteiger partial charge is 0.418 e. The van der Waals surface area contributed by atoms with Crippen molar-refractivity contribution in [2.75, 3.05) is 39.4 Å². The van der Waals surface area contributed by atoms with Gasteiger partial charge in [-0.2, -0.15) is 13.2 Å². The third kappa shape index (κ3) is 10.0. The molecule has 2 unspecified atom stereocenters. The van der Waals surface area contributed by atoms with Crippen molar-refractivity contribution < 1.29 is 41.5 Å². The highest BCUT2D eigenvalue weighted by Gasteiger charge is 2.47. The quantitative estimate of drug-likeness (QED) is 0.133. The molecule has 2 heterocycles. The average Bonchev–Trinajstić information content (AvgIpc) is 3.53. The van der Waals surface area contributed by atoms with Gasteiger partial charge in [-0.25, -0.2) is 4.39 Å². The number of nitrogens with zero attached hydrogens (tertiary/aromatic N) is 1. The first kappa shape index (κ1) is 42.1. The topological polar surface area (TPSA) is 121 Å². The van der Waals surface area contributed by atoms with Crippen molar-refractivity contribution in [1.82, 2.24) is 20.5 Å². The van der Waals surface area contributed by atoms with Gasteiger partial charge in [-0.05, 0) is 47.9 Å². The molecule has 2 amide bonds. The summed E-state index contributed by atoms with van der Waals surface area (Å²) in [5.41, 5.74) is -1.18. The van der Waals surface area contributed by atoms with Crippen LogP contribution in [0, 0.1) is 29.5 Å². The van der Waals surface area contributed by atoms with Crippen molar-refractivity contribution in [2.45, 2.75) is 90.8 Å². The highest BCUT2D eigenvalue weighted by molar-refractivity contribution is 5.99. The van der Waals surface area contributed by atoms with Gasteiger partial charge in [0.25, 0.3) is 0 Å². The molecule has 0 bridgehead atoms. The van der Waals surface area contributed by atoms with E-state index in [1.165, 1.54) is 24.3 Å². The first-order chi connectivity index (χ1) is 26.2. The molecule has 55 heavy (non-hydrogen) atoms. The second kappa shape index (κ2) is 18.2. The van der Waals surface area contributed by atoms with Gasteiger partial charge in [-0.1, -0.05) is 70.9 Å². The van der Waals surface area contributed by atoms with Gasteiger partial charge >= 0.3 is 6.18 Å². The number of carbonyl (C=O) groups excluding carboxylic acids is 4. The number of amides is 2. The predicted octanol–water partition coefficient (Wildman–Crippen LogP) is 6.60. The van der Waals surface area contributed by atoms with Crippen molar-refractivity contribution in [3.63, 3.8) is 0 Å².